The number of hydrogen-bond donors (Lipinski definition) is 1. The van der Waals surface area contributed by atoms with Crippen LogP contribution < -0.4 is 4.74 Å². The molecule has 0 spiro atoms. The maximum atomic E-state index is 5.88. The standard InChI is InChI=1S/C20H19ClN2O/c1-15(13-20-22-10-11-23-20)12-16-4-8-19(9-5-16)24-14-17-2-6-18(21)7-3-17/h2-12H,13-14H2,1H3,(H,22,23). The molecule has 3 aromatic rings. The van der Waals surface area contributed by atoms with Crippen molar-refractivity contribution in [3.63, 3.8) is 0 Å². The summed E-state index contributed by atoms with van der Waals surface area (Å²) in [7, 11) is 0. The van der Waals surface area contributed by atoms with Crippen LogP contribution >= 0.6 is 11.6 Å². The lowest BCUT2D eigenvalue weighted by atomic mass is 10.1. The fourth-order valence-electron chi connectivity index (χ4n) is 2.40. The van der Waals surface area contributed by atoms with Crippen LogP contribution in [0.5, 0.6) is 5.75 Å². The topological polar surface area (TPSA) is 37.9 Å². The molecule has 3 rings (SSSR count). The van der Waals surface area contributed by atoms with Gasteiger partial charge in [0.1, 0.15) is 18.2 Å². The Kier molecular flexibility index (Phi) is 5.34. The minimum Gasteiger partial charge on any atom is -0.489 e. The molecule has 0 amide bonds. The number of halogens is 1. The number of benzene rings is 2. The van der Waals surface area contributed by atoms with Crippen LogP contribution in [0.15, 0.2) is 66.5 Å². The summed E-state index contributed by atoms with van der Waals surface area (Å²) in [5.74, 6) is 1.83. The molecule has 0 fully saturated rings. The number of imidazole rings is 1. The average molecular weight is 339 g/mol. The van der Waals surface area contributed by atoms with Crippen LogP contribution in [0.2, 0.25) is 5.02 Å². The molecule has 0 aliphatic heterocycles. The van der Waals surface area contributed by atoms with E-state index in [-0.39, 0.29) is 0 Å². The van der Waals surface area contributed by atoms with Crippen LogP contribution in [0.1, 0.15) is 23.9 Å². The summed E-state index contributed by atoms with van der Waals surface area (Å²) in [6.07, 6.45) is 6.60. The number of aromatic nitrogens is 2. The minimum absolute atomic E-state index is 0.532. The largest absolute Gasteiger partial charge is 0.489 e. The highest BCUT2D eigenvalue weighted by atomic mass is 35.5. The Labute approximate surface area is 147 Å². The Balaban J connectivity index is 1.57. The first-order chi connectivity index (χ1) is 11.7. The highest BCUT2D eigenvalue weighted by Gasteiger charge is 1.99. The lowest BCUT2D eigenvalue weighted by Gasteiger charge is -2.07. The molecule has 1 N–H and O–H groups in total. The average Bonchev–Trinajstić information content (AvgIpc) is 3.08. The lowest BCUT2D eigenvalue weighted by molar-refractivity contribution is 0.306. The van der Waals surface area contributed by atoms with Gasteiger partial charge in [-0.15, -0.1) is 0 Å². The predicted molar refractivity (Wildman–Crippen MR) is 98.2 cm³/mol. The maximum absolute atomic E-state index is 5.88. The lowest BCUT2D eigenvalue weighted by Crippen LogP contribution is -1.95. The van der Waals surface area contributed by atoms with Crippen LogP contribution in [-0.4, -0.2) is 9.97 Å². The van der Waals surface area contributed by atoms with E-state index in [1.54, 1.807) is 6.20 Å². The zero-order chi connectivity index (χ0) is 16.8. The first-order valence-electron chi connectivity index (χ1n) is 7.82. The molecule has 4 heteroatoms. The summed E-state index contributed by atoms with van der Waals surface area (Å²) >= 11 is 5.88. The monoisotopic (exact) mass is 338 g/mol. The first-order valence-corrected chi connectivity index (χ1v) is 8.19. The van der Waals surface area contributed by atoms with E-state index in [2.05, 4.69) is 35.1 Å². The van der Waals surface area contributed by atoms with Crippen molar-refractivity contribution >= 4 is 17.7 Å². The molecule has 24 heavy (non-hydrogen) atoms. The van der Waals surface area contributed by atoms with Crippen molar-refractivity contribution in [3.8, 4) is 5.75 Å². The van der Waals surface area contributed by atoms with E-state index in [4.69, 9.17) is 16.3 Å². The van der Waals surface area contributed by atoms with E-state index in [0.29, 0.717) is 6.61 Å². The molecule has 0 saturated heterocycles. The molecule has 0 aliphatic rings. The van der Waals surface area contributed by atoms with Crippen LogP contribution in [0.4, 0.5) is 0 Å². The molecule has 0 atom stereocenters. The van der Waals surface area contributed by atoms with Gasteiger partial charge in [0.15, 0.2) is 0 Å². The van der Waals surface area contributed by atoms with Gasteiger partial charge in [-0.1, -0.05) is 47.5 Å². The Bertz CT molecular complexity index is 791. The smallest absolute Gasteiger partial charge is 0.119 e. The number of hydrogen-bond acceptors (Lipinski definition) is 2. The second-order valence-electron chi connectivity index (χ2n) is 5.69. The van der Waals surface area contributed by atoms with Crippen LogP contribution in [0.25, 0.3) is 6.08 Å². The molecule has 3 nitrogen and oxygen atoms in total. The predicted octanol–water partition coefficient (Wildman–Crippen LogP) is 5.29. The molecule has 1 aromatic heterocycles. The van der Waals surface area contributed by atoms with Gasteiger partial charge in [0, 0.05) is 23.8 Å². The van der Waals surface area contributed by atoms with Gasteiger partial charge in [-0.25, -0.2) is 4.98 Å². The molecule has 0 aliphatic carbocycles. The highest BCUT2D eigenvalue weighted by Crippen LogP contribution is 2.17. The highest BCUT2D eigenvalue weighted by molar-refractivity contribution is 6.30. The van der Waals surface area contributed by atoms with Gasteiger partial charge in [0.2, 0.25) is 0 Å². The van der Waals surface area contributed by atoms with Crippen molar-refractivity contribution < 1.29 is 4.74 Å². The van der Waals surface area contributed by atoms with E-state index in [0.717, 1.165) is 34.1 Å². The van der Waals surface area contributed by atoms with E-state index in [1.165, 1.54) is 5.57 Å². The molecular formula is C20H19ClN2O. The molecule has 1 heterocycles. The second kappa shape index (κ2) is 7.84. The number of nitrogens with one attached hydrogen (secondary N) is 1. The summed E-state index contributed by atoms with van der Waals surface area (Å²) in [4.78, 5) is 7.36. The van der Waals surface area contributed by atoms with Gasteiger partial charge >= 0.3 is 0 Å². The van der Waals surface area contributed by atoms with Gasteiger partial charge in [0.05, 0.1) is 0 Å². The Morgan fingerprint density at radius 1 is 1.12 bits per heavy atom. The van der Waals surface area contributed by atoms with E-state index in [9.17, 15) is 0 Å². The van der Waals surface area contributed by atoms with Gasteiger partial charge in [-0.2, -0.15) is 0 Å². The molecule has 122 valence electrons. The minimum atomic E-state index is 0.532. The van der Waals surface area contributed by atoms with Gasteiger partial charge < -0.3 is 9.72 Å². The number of nitrogens with zero attached hydrogens (tertiary/aromatic N) is 1. The van der Waals surface area contributed by atoms with E-state index >= 15 is 0 Å². The Morgan fingerprint density at radius 3 is 2.54 bits per heavy atom. The normalized spacial score (nSPS) is 11.5. The molecular weight excluding hydrogens is 320 g/mol. The molecule has 0 bridgehead atoms. The second-order valence-corrected chi connectivity index (χ2v) is 6.12. The number of allylic oxidation sites excluding steroid dienone is 1. The van der Waals surface area contributed by atoms with E-state index in [1.807, 2.05) is 42.6 Å². The van der Waals surface area contributed by atoms with Crippen LogP contribution in [0, 0.1) is 0 Å². The summed E-state index contributed by atoms with van der Waals surface area (Å²) < 4.78 is 5.80. The molecule has 0 saturated carbocycles. The zero-order valence-corrected chi connectivity index (χ0v) is 14.3. The van der Waals surface area contributed by atoms with Crippen LogP contribution in [-0.2, 0) is 13.0 Å². The number of ether oxygens (including phenoxy) is 1. The third kappa shape index (κ3) is 4.74. The maximum Gasteiger partial charge on any atom is 0.119 e. The third-order valence-corrected chi connectivity index (χ3v) is 3.87. The quantitative estimate of drug-likeness (QED) is 0.663. The summed E-state index contributed by atoms with van der Waals surface area (Å²) in [6.45, 7) is 2.64. The van der Waals surface area contributed by atoms with Gasteiger partial charge in [-0.05, 0) is 42.3 Å². The van der Waals surface area contributed by atoms with Gasteiger partial charge in [0.25, 0.3) is 0 Å². The fraction of sp³-hybridized carbons (Fsp3) is 0.150. The zero-order valence-electron chi connectivity index (χ0n) is 13.5. The molecule has 0 unspecified atom stereocenters. The van der Waals surface area contributed by atoms with Crippen molar-refractivity contribution in [2.24, 2.45) is 0 Å². The summed E-state index contributed by atoms with van der Waals surface area (Å²) in [5, 5.41) is 0.736. The number of rotatable bonds is 6. The first kappa shape index (κ1) is 16.3. The SMILES string of the molecule is CC(=Cc1ccc(OCc2ccc(Cl)cc2)cc1)Cc1ncc[nH]1. The third-order valence-electron chi connectivity index (χ3n) is 3.61. The Morgan fingerprint density at radius 2 is 1.88 bits per heavy atom. The van der Waals surface area contributed by atoms with Crippen molar-refractivity contribution in [1.82, 2.24) is 9.97 Å². The van der Waals surface area contributed by atoms with Crippen molar-refractivity contribution in [2.45, 2.75) is 20.0 Å². The van der Waals surface area contributed by atoms with Crippen LogP contribution in [0.3, 0.4) is 0 Å². The summed E-state index contributed by atoms with van der Waals surface area (Å²) in [6, 6.07) is 15.8. The number of H-pyrrole nitrogens is 1. The Hall–Kier alpha value is -2.52. The van der Waals surface area contributed by atoms with E-state index < -0.39 is 0 Å². The molecule has 0 radical (unpaired) electrons. The van der Waals surface area contributed by atoms with Crippen molar-refractivity contribution in [3.05, 3.63) is 88.5 Å². The van der Waals surface area contributed by atoms with Crippen molar-refractivity contribution in [1.29, 1.82) is 0 Å². The van der Waals surface area contributed by atoms with Crippen molar-refractivity contribution in [2.75, 3.05) is 0 Å². The van der Waals surface area contributed by atoms with Gasteiger partial charge in [-0.3, -0.25) is 0 Å². The summed E-state index contributed by atoms with van der Waals surface area (Å²) in [5.41, 5.74) is 3.50. The fourth-order valence-corrected chi connectivity index (χ4v) is 2.53. The number of aromatic amines is 1. The molecule has 2 aromatic carbocycles.